The first-order chi connectivity index (χ1) is 9.99. The van der Waals surface area contributed by atoms with Gasteiger partial charge in [-0.05, 0) is 32.9 Å². The molecule has 4 nitrogen and oxygen atoms in total. The van der Waals surface area contributed by atoms with Gasteiger partial charge in [0.15, 0.2) is 0 Å². The molecule has 0 atom stereocenters. The maximum atomic E-state index is 12.7. The Morgan fingerprint density at radius 2 is 2.00 bits per heavy atom. The number of carbonyl (C=O) groups excluding carboxylic acids is 1. The van der Waals surface area contributed by atoms with Crippen molar-refractivity contribution in [2.24, 2.45) is 0 Å². The van der Waals surface area contributed by atoms with Crippen LogP contribution in [-0.2, 0) is 11.3 Å². The standard InChI is InChI=1S/C14H19BF3N2O2/c1-11(15(16,17)18)9-20(13(21)22-14(2,3)4)10-12-7-5-6-8-19-12/h5-8H,1,9-10H2,2-4H3/q-1. The van der Waals surface area contributed by atoms with Crippen molar-refractivity contribution in [2.45, 2.75) is 32.9 Å². The highest BCUT2D eigenvalue weighted by atomic mass is 19.4. The van der Waals surface area contributed by atoms with Crippen molar-refractivity contribution in [1.82, 2.24) is 9.88 Å². The normalized spacial score (nSPS) is 11.9. The van der Waals surface area contributed by atoms with Gasteiger partial charge in [-0.3, -0.25) is 4.98 Å². The van der Waals surface area contributed by atoms with E-state index in [4.69, 9.17) is 4.74 Å². The van der Waals surface area contributed by atoms with Crippen molar-refractivity contribution >= 4 is 13.1 Å². The molecule has 0 spiro atoms. The molecule has 0 aliphatic carbocycles. The summed E-state index contributed by atoms with van der Waals surface area (Å²) in [5.41, 5.74) is -1.29. The topological polar surface area (TPSA) is 42.4 Å². The van der Waals surface area contributed by atoms with Crippen LogP contribution in [0.1, 0.15) is 26.5 Å². The van der Waals surface area contributed by atoms with Crippen molar-refractivity contribution in [3.63, 3.8) is 0 Å². The second-order valence-corrected chi connectivity index (χ2v) is 5.89. The minimum Gasteiger partial charge on any atom is -0.445 e. The molecular formula is C14H19BF3N2O2-. The van der Waals surface area contributed by atoms with Gasteiger partial charge >= 0.3 is 13.1 Å². The minimum atomic E-state index is -5.22. The zero-order valence-electron chi connectivity index (χ0n) is 12.9. The van der Waals surface area contributed by atoms with E-state index in [1.54, 1.807) is 39.0 Å². The van der Waals surface area contributed by atoms with Crippen LogP contribution in [0.4, 0.5) is 17.7 Å². The van der Waals surface area contributed by atoms with E-state index >= 15 is 0 Å². The molecule has 0 aliphatic heterocycles. The monoisotopic (exact) mass is 315 g/mol. The number of hydrogen-bond donors (Lipinski definition) is 0. The summed E-state index contributed by atoms with van der Waals surface area (Å²) in [7, 11) is 0. The van der Waals surface area contributed by atoms with Gasteiger partial charge in [0.1, 0.15) is 5.60 Å². The zero-order valence-corrected chi connectivity index (χ0v) is 12.9. The molecule has 0 saturated heterocycles. The van der Waals surface area contributed by atoms with Gasteiger partial charge in [-0.1, -0.05) is 6.07 Å². The predicted molar refractivity (Wildman–Crippen MR) is 79.1 cm³/mol. The number of pyridine rings is 1. The van der Waals surface area contributed by atoms with Crippen LogP contribution >= 0.6 is 0 Å². The summed E-state index contributed by atoms with van der Waals surface area (Å²) in [4.78, 5) is 17.1. The molecule has 22 heavy (non-hydrogen) atoms. The van der Waals surface area contributed by atoms with Crippen molar-refractivity contribution < 1.29 is 22.5 Å². The molecule has 0 fully saturated rings. The second kappa shape index (κ2) is 6.85. The Labute approximate surface area is 128 Å². The Balaban J connectivity index is 2.90. The highest BCUT2D eigenvalue weighted by molar-refractivity contribution is 6.66. The van der Waals surface area contributed by atoms with E-state index in [1.807, 2.05) is 0 Å². The van der Waals surface area contributed by atoms with Crippen LogP contribution in [0.3, 0.4) is 0 Å². The van der Waals surface area contributed by atoms with Crippen molar-refractivity contribution in [1.29, 1.82) is 0 Å². The molecule has 0 unspecified atom stereocenters. The second-order valence-electron chi connectivity index (χ2n) is 5.89. The van der Waals surface area contributed by atoms with Crippen LogP contribution in [0.25, 0.3) is 0 Å². The molecule has 0 aromatic carbocycles. The number of aromatic nitrogens is 1. The smallest absolute Gasteiger partial charge is 0.445 e. The molecule has 122 valence electrons. The summed E-state index contributed by atoms with van der Waals surface area (Å²) in [6.45, 7) is 2.01. The lowest BCUT2D eigenvalue weighted by atomic mass is 9.80. The average molecular weight is 315 g/mol. The minimum absolute atomic E-state index is 0.0824. The Bertz CT molecular complexity index is 527. The van der Waals surface area contributed by atoms with E-state index in [1.165, 1.54) is 6.20 Å². The van der Waals surface area contributed by atoms with E-state index in [-0.39, 0.29) is 6.54 Å². The Morgan fingerprint density at radius 3 is 2.45 bits per heavy atom. The molecule has 0 N–H and O–H groups in total. The fourth-order valence-corrected chi connectivity index (χ4v) is 1.55. The highest BCUT2D eigenvalue weighted by Crippen LogP contribution is 2.21. The van der Waals surface area contributed by atoms with Crippen LogP contribution in [-0.4, -0.2) is 35.1 Å². The largest absolute Gasteiger partial charge is 0.506 e. The van der Waals surface area contributed by atoms with E-state index in [9.17, 15) is 17.7 Å². The lowest BCUT2D eigenvalue weighted by molar-refractivity contribution is 0.0251. The van der Waals surface area contributed by atoms with Gasteiger partial charge in [0, 0.05) is 12.7 Å². The molecule has 1 rings (SSSR count). The van der Waals surface area contributed by atoms with E-state index in [0.717, 1.165) is 4.90 Å². The molecule has 1 aromatic heterocycles. The Morgan fingerprint density at radius 1 is 1.36 bits per heavy atom. The van der Waals surface area contributed by atoms with Gasteiger partial charge < -0.3 is 22.6 Å². The number of amides is 1. The Kier molecular flexibility index (Phi) is 5.62. The molecule has 1 aromatic rings. The van der Waals surface area contributed by atoms with Crippen molar-refractivity contribution in [3.8, 4) is 0 Å². The molecule has 0 saturated carbocycles. The SMILES string of the molecule is C=C(CN(Cc1ccccn1)C(=O)OC(C)(C)C)[B-](F)(F)F. The number of hydrogen-bond acceptors (Lipinski definition) is 3. The van der Waals surface area contributed by atoms with Gasteiger partial charge in [-0.15, -0.1) is 12.1 Å². The van der Waals surface area contributed by atoms with Crippen LogP contribution < -0.4 is 0 Å². The van der Waals surface area contributed by atoms with E-state index < -0.39 is 30.7 Å². The highest BCUT2D eigenvalue weighted by Gasteiger charge is 2.30. The summed E-state index contributed by atoms with van der Waals surface area (Å²) >= 11 is 0. The third-order valence-electron chi connectivity index (χ3n) is 2.59. The molecule has 1 heterocycles. The maximum Gasteiger partial charge on any atom is 0.506 e. The molecule has 0 radical (unpaired) electrons. The van der Waals surface area contributed by atoms with Crippen molar-refractivity contribution in [3.05, 3.63) is 42.1 Å². The van der Waals surface area contributed by atoms with Gasteiger partial charge in [-0.25, -0.2) is 4.79 Å². The molecule has 0 aliphatic rings. The summed E-state index contributed by atoms with van der Waals surface area (Å²) < 4.78 is 43.3. The maximum absolute atomic E-state index is 12.7. The van der Waals surface area contributed by atoms with E-state index in [0.29, 0.717) is 5.69 Å². The molecule has 0 bridgehead atoms. The molecule has 1 amide bonds. The number of rotatable bonds is 5. The van der Waals surface area contributed by atoms with Crippen LogP contribution in [0.2, 0.25) is 0 Å². The first kappa shape index (κ1) is 18.1. The average Bonchev–Trinajstić information content (AvgIpc) is 2.36. The Hall–Kier alpha value is -1.99. The summed E-state index contributed by atoms with van der Waals surface area (Å²) in [6.07, 6.45) is 0.671. The van der Waals surface area contributed by atoms with Crippen molar-refractivity contribution in [2.75, 3.05) is 6.54 Å². The van der Waals surface area contributed by atoms with Gasteiger partial charge in [0.2, 0.25) is 0 Å². The van der Waals surface area contributed by atoms with Crippen LogP contribution in [0.5, 0.6) is 0 Å². The summed E-state index contributed by atoms with van der Waals surface area (Å²) in [5.74, 6) is 0. The number of ether oxygens (including phenoxy) is 1. The molecular weight excluding hydrogens is 296 g/mol. The lowest BCUT2D eigenvalue weighted by Gasteiger charge is -2.30. The van der Waals surface area contributed by atoms with Crippen LogP contribution in [0, 0.1) is 0 Å². The summed E-state index contributed by atoms with van der Waals surface area (Å²) in [6, 6.07) is 5.00. The van der Waals surface area contributed by atoms with E-state index in [2.05, 4.69) is 11.6 Å². The first-order valence-corrected chi connectivity index (χ1v) is 6.74. The zero-order chi connectivity index (χ0) is 17.0. The number of nitrogens with zero attached hydrogens (tertiary/aromatic N) is 2. The lowest BCUT2D eigenvalue weighted by Crippen LogP contribution is -2.40. The predicted octanol–water partition coefficient (Wildman–Crippen LogP) is 3.76. The number of carbonyl (C=O) groups is 1. The third kappa shape index (κ3) is 6.20. The van der Waals surface area contributed by atoms with Gasteiger partial charge in [0.05, 0.1) is 12.2 Å². The molecule has 8 heteroatoms. The van der Waals surface area contributed by atoms with Crippen LogP contribution in [0.15, 0.2) is 36.4 Å². The number of halogens is 3. The van der Waals surface area contributed by atoms with Gasteiger partial charge in [0.25, 0.3) is 0 Å². The first-order valence-electron chi connectivity index (χ1n) is 6.74. The quantitative estimate of drug-likeness (QED) is 0.777. The third-order valence-corrected chi connectivity index (χ3v) is 2.59. The van der Waals surface area contributed by atoms with Gasteiger partial charge in [-0.2, -0.15) is 0 Å². The fourth-order valence-electron chi connectivity index (χ4n) is 1.55. The summed E-state index contributed by atoms with van der Waals surface area (Å²) in [5, 5.41) is 0. The fraction of sp³-hybridized carbons (Fsp3) is 0.429.